The molecule has 0 N–H and O–H groups in total. The lowest BCUT2D eigenvalue weighted by Crippen LogP contribution is -2.01. The van der Waals surface area contributed by atoms with Gasteiger partial charge in [0.05, 0.1) is 6.85 Å². The zero-order valence-electron chi connectivity index (χ0n) is 33.8. The first-order chi connectivity index (χ1) is 28.8. The van der Waals surface area contributed by atoms with Gasteiger partial charge in [0.1, 0.15) is 11.2 Å². The minimum absolute atomic E-state index is 0.0225. The molecule has 11 rings (SSSR count). The topological polar surface area (TPSA) is 51.8 Å². The molecule has 0 radical (unpaired) electrons. The summed E-state index contributed by atoms with van der Waals surface area (Å²) in [7, 11) is 0. The molecule has 8 aromatic carbocycles. The van der Waals surface area contributed by atoms with Crippen molar-refractivity contribution in [3.05, 3.63) is 187 Å². The molecule has 0 spiro atoms. The molecule has 2 heterocycles. The molecule has 1 aliphatic rings. The third-order valence-electron chi connectivity index (χ3n) is 10.5. The van der Waals surface area contributed by atoms with E-state index in [0.29, 0.717) is 17.0 Å². The van der Waals surface area contributed by atoms with Crippen molar-refractivity contribution in [3.8, 4) is 67.5 Å². The van der Waals surface area contributed by atoms with Gasteiger partial charge in [0.15, 0.2) is 17.5 Å². The highest BCUT2D eigenvalue weighted by Crippen LogP contribution is 2.46. The first-order valence-corrected chi connectivity index (χ1v) is 17.9. The highest BCUT2D eigenvalue weighted by molar-refractivity contribution is 6.06. The normalized spacial score (nSPS) is 13.3. The van der Waals surface area contributed by atoms with Crippen molar-refractivity contribution in [1.29, 1.82) is 0 Å². The minimum atomic E-state index is -0.485. The van der Waals surface area contributed by atoms with Crippen LogP contribution in [0.4, 0.5) is 0 Å². The predicted molar refractivity (Wildman–Crippen MR) is 220 cm³/mol. The van der Waals surface area contributed by atoms with Crippen molar-refractivity contribution in [3.63, 3.8) is 0 Å². The van der Waals surface area contributed by atoms with Gasteiger partial charge in [0.2, 0.25) is 0 Å². The number of hydrogen-bond acceptors (Lipinski definition) is 4. The molecule has 0 unspecified atom stereocenters. The first kappa shape index (κ1) is 25.7. The van der Waals surface area contributed by atoms with Crippen LogP contribution in [0.5, 0.6) is 0 Å². The standard InChI is InChI=1S/C50H31N3O/c1-3-13-31(14-4-1)36-20-11-22-39-40-23-12-21-38(44(40)30-43(36)39)35-27-33-17-7-8-18-37(33)45(28-35)50-52-48(32-15-5-2-6-16-32)51-49(53-50)34-25-26-42-41-19-9-10-24-46(41)54-47(42)29-34/h1-29H,30H2/i2D,5D,6D,15D,16D. The van der Waals surface area contributed by atoms with E-state index in [0.717, 1.165) is 50.2 Å². The van der Waals surface area contributed by atoms with Crippen molar-refractivity contribution in [1.82, 2.24) is 15.0 Å². The molecule has 0 saturated heterocycles. The Bertz CT molecular complexity index is 3350. The van der Waals surface area contributed by atoms with Crippen LogP contribution in [0.3, 0.4) is 0 Å². The summed E-state index contributed by atoms with van der Waals surface area (Å²) in [6, 6.07) is 47.3. The van der Waals surface area contributed by atoms with Gasteiger partial charge in [-0.15, -0.1) is 0 Å². The summed E-state index contributed by atoms with van der Waals surface area (Å²) in [5.74, 6) is 0.561. The van der Waals surface area contributed by atoms with E-state index in [1.807, 2.05) is 66.7 Å². The van der Waals surface area contributed by atoms with Crippen LogP contribution in [-0.2, 0) is 6.42 Å². The zero-order valence-corrected chi connectivity index (χ0v) is 28.8. The summed E-state index contributed by atoms with van der Waals surface area (Å²) in [6.45, 7) is 0. The average molecular weight is 695 g/mol. The summed E-state index contributed by atoms with van der Waals surface area (Å²) < 4.78 is 49.2. The highest BCUT2D eigenvalue weighted by atomic mass is 16.3. The van der Waals surface area contributed by atoms with Crippen LogP contribution in [0, 0.1) is 0 Å². The van der Waals surface area contributed by atoms with E-state index in [1.165, 1.54) is 33.4 Å². The average Bonchev–Trinajstić information content (AvgIpc) is 3.86. The molecule has 0 aliphatic heterocycles. The van der Waals surface area contributed by atoms with Gasteiger partial charge in [-0.1, -0.05) is 145 Å². The lowest BCUT2D eigenvalue weighted by Gasteiger charge is -2.14. The third-order valence-corrected chi connectivity index (χ3v) is 10.5. The lowest BCUT2D eigenvalue weighted by atomic mass is 9.91. The fraction of sp³-hybridized carbons (Fsp3) is 0.0200. The Hall–Kier alpha value is -7.17. The van der Waals surface area contributed by atoms with Gasteiger partial charge in [-0.3, -0.25) is 0 Å². The van der Waals surface area contributed by atoms with Gasteiger partial charge in [0, 0.05) is 27.5 Å². The van der Waals surface area contributed by atoms with Crippen LogP contribution in [-0.4, -0.2) is 15.0 Å². The maximum absolute atomic E-state index is 8.88. The van der Waals surface area contributed by atoms with Gasteiger partial charge >= 0.3 is 0 Å². The Balaban J connectivity index is 1.13. The number of aromatic nitrogens is 3. The Morgan fingerprint density at radius 1 is 0.407 bits per heavy atom. The fourth-order valence-corrected chi connectivity index (χ4v) is 8.01. The van der Waals surface area contributed by atoms with E-state index in [4.69, 9.17) is 26.2 Å². The van der Waals surface area contributed by atoms with Crippen molar-refractivity contribution in [2.75, 3.05) is 0 Å². The monoisotopic (exact) mass is 694 g/mol. The SMILES string of the molecule is [2H]c1c([2H])c([2H])c(-c2nc(-c3ccc4c(c3)oc3ccccc34)nc(-c3cc(-c4cccc5c4Cc4c(-c6ccccc6)cccc4-5)cc4ccccc34)n2)c([2H])c1[2H]. The zero-order chi connectivity index (χ0) is 39.9. The highest BCUT2D eigenvalue weighted by Gasteiger charge is 2.25. The molecule has 10 aromatic rings. The molecule has 4 nitrogen and oxygen atoms in total. The van der Waals surface area contributed by atoms with E-state index >= 15 is 0 Å². The quantitative estimate of drug-likeness (QED) is 0.180. The Morgan fingerprint density at radius 3 is 1.83 bits per heavy atom. The molecule has 0 atom stereocenters. The molecule has 4 heteroatoms. The molecule has 0 saturated carbocycles. The van der Waals surface area contributed by atoms with Crippen LogP contribution in [0.15, 0.2) is 180 Å². The van der Waals surface area contributed by atoms with Crippen molar-refractivity contribution in [2.24, 2.45) is 0 Å². The number of furan rings is 1. The van der Waals surface area contributed by atoms with Gasteiger partial charge in [-0.2, -0.15) is 0 Å². The predicted octanol–water partition coefficient (Wildman–Crippen LogP) is 12.8. The maximum atomic E-state index is 8.88. The number of rotatable bonds is 5. The van der Waals surface area contributed by atoms with Gasteiger partial charge in [0.25, 0.3) is 0 Å². The lowest BCUT2D eigenvalue weighted by molar-refractivity contribution is 0.669. The number of fused-ring (bicyclic) bond motifs is 7. The molecular formula is C50H31N3O. The van der Waals surface area contributed by atoms with Gasteiger partial charge in [-0.05, 0) is 92.0 Å². The number of hydrogen-bond donors (Lipinski definition) is 0. The van der Waals surface area contributed by atoms with Crippen molar-refractivity contribution >= 4 is 32.7 Å². The second-order valence-corrected chi connectivity index (χ2v) is 13.6. The molecule has 2 aromatic heterocycles. The van der Waals surface area contributed by atoms with Crippen LogP contribution >= 0.6 is 0 Å². The van der Waals surface area contributed by atoms with Gasteiger partial charge in [-0.25, -0.2) is 15.0 Å². The van der Waals surface area contributed by atoms with Crippen molar-refractivity contribution < 1.29 is 11.3 Å². The maximum Gasteiger partial charge on any atom is 0.164 e. The van der Waals surface area contributed by atoms with E-state index in [1.54, 1.807) is 0 Å². The van der Waals surface area contributed by atoms with Crippen LogP contribution in [0.2, 0.25) is 0 Å². The summed E-state index contributed by atoms with van der Waals surface area (Å²) in [5, 5.41) is 3.81. The summed E-state index contributed by atoms with van der Waals surface area (Å²) in [4.78, 5) is 14.9. The van der Waals surface area contributed by atoms with Gasteiger partial charge < -0.3 is 4.42 Å². The van der Waals surface area contributed by atoms with E-state index in [9.17, 15) is 0 Å². The van der Waals surface area contributed by atoms with E-state index in [-0.39, 0.29) is 29.3 Å². The van der Waals surface area contributed by atoms with Crippen LogP contribution < -0.4 is 0 Å². The number of para-hydroxylation sites is 1. The second kappa shape index (κ2) is 12.2. The molecule has 252 valence electrons. The molecule has 0 fully saturated rings. The van der Waals surface area contributed by atoms with Crippen LogP contribution in [0.25, 0.3) is 100 Å². The Labute approximate surface area is 319 Å². The molecule has 0 bridgehead atoms. The molecule has 54 heavy (non-hydrogen) atoms. The molecule has 0 amide bonds. The van der Waals surface area contributed by atoms with Crippen molar-refractivity contribution in [2.45, 2.75) is 6.42 Å². The Morgan fingerprint density at radius 2 is 1.04 bits per heavy atom. The van der Waals surface area contributed by atoms with E-state index < -0.39 is 18.1 Å². The second-order valence-electron chi connectivity index (χ2n) is 13.6. The van der Waals surface area contributed by atoms with E-state index in [2.05, 4.69) is 78.9 Å². The smallest absolute Gasteiger partial charge is 0.164 e. The first-order valence-electron chi connectivity index (χ1n) is 20.4. The van der Waals surface area contributed by atoms with Crippen LogP contribution in [0.1, 0.15) is 18.0 Å². The number of benzene rings is 8. The largest absolute Gasteiger partial charge is 0.456 e. The summed E-state index contributed by atoms with van der Waals surface area (Å²) >= 11 is 0. The fourth-order valence-electron chi connectivity index (χ4n) is 8.01. The molecule has 1 aliphatic carbocycles. The third kappa shape index (κ3) is 4.96. The minimum Gasteiger partial charge on any atom is -0.456 e. The number of nitrogens with zero attached hydrogens (tertiary/aromatic N) is 3. The molecular weight excluding hydrogens is 659 g/mol. The summed E-state index contributed by atoms with van der Waals surface area (Å²) in [6.07, 6.45) is 0.772. The Kier molecular flexibility index (Phi) is 5.82. The summed E-state index contributed by atoms with van der Waals surface area (Å²) in [5.41, 5.74) is 12.1.